The third-order valence-corrected chi connectivity index (χ3v) is 4.65. The number of nitrogens with zero attached hydrogens (tertiary/aromatic N) is 2. The molecule has 0 spiro atoms. The van der Waals surface area contributed by atoms with Crippen molar-refractivity contribution in [1.29, 1.82) is 0 Å². The lowest BCUT2D eigenvalue weighted by Gasteiger charge is -2.33. The van der Waals surface area contributed by atoms with E-state index in [9.17, 15) is 14.4 Å². The molecular formula is C19H29N5O5. The first kappa shape index (κ1) is 22.4. The highest BCUT2D eigenvalue weighted by Gasteiger charge is 2.35. The SMILES string of the molecule is COC(=O)C(NC(=O)OC(C)(C)C)C1CCC(NC(=O)c2nccnc2N)CC1. The standard InChI is InChI=1S/C19H29N5O5/c1-19(2,3)29-18(27)24-13(17(26)28-4)11-5-7-12(8-6-11)23-16(25)14-15(20)22-10-9-21-14/h9-13H,5-8H2,1-4H3,(H2,20,22)(H,23,25)(H,24,27). The van der Waals surface area contributed by atoms with Gasteiger partial charge >= 0.3 is 12.1 Å². The molecular weight excluding hydrogens is 378 g/mol. The lowest BCUT2D eigenvalue weighted by Crippen LogP contribution is -2.50. The van der Waals surface area contributed by atoms with Gasteiger partial charge in [-0.05, 0) is 52.4 Å². The molecule has 0 aromatic carbocycles. The molecule has 1 aliphatic carbocycles. The first-order valence-electron chi connectivity index (χ1n) is 9.55. The summed E-state index contributed by atoms with van der Waals surface area (Å²) < 4.78 is 10.1. The number of alkyl carbamates (subject to hydrolysis) is 1. The van der Waals surface area contributed by atoms with E-state index in [1.54, 1.807) is 20.8 Å². The molecule has 1 aromatic heterocycles. The number of nitrogens with two attached hydrogens (primary N) is 1. The maximum atomic E-state index is 12.3. The Morgan fingerprint density at radius 3 is 2.31 bits per heavy atom. The van der Waals surface area contributed by atoms with Crippen molar-refractivity contribution >= 4 is 23.8 Å². The number of hydrogen-bond donors (Lipinski definition) is 3. The van der Waals surface area contributed by atoms with Gasteiger partial charge in [0.25, 0.3) is 5.91 Å². The molecule has 1 fully saturated rings. The maximum Gasteiger partial charge on any atom is 0.408 e. The normalized spacial score (nSPS) is 20.3. The van der Waals surface area contributed by atoms with Crippen molar-refractivity contribution in [3.8, 4) is 0 Å². The summed E-state index contributed by atoms with van der Waals surface area (Å²) in [5, 5.41) is 5.53. The summed E-state index contributed by atoms with van der Waals surface area (Å²) in [5.41, 5.74) is 5.11. The summed E-state index contributed by atoms with van der Waals surface area (Å²) in [7, 11) is 1.28. The van der Waals surface area contributed by atoms with Gasteiger partial charge in [0.05, 0.1) is 7.11 Å². The Labute approximate surface area is 169 Å². The molecule has 1 unspecified atom stereocenters. The number of rotatable bonds is 5. The van der Waals surface area contributed by atoms with Gasteiger partial charge in [-0.3, -0.25) is 4.79 Å². The van der Waals surface area contributed by atoms with Crippen LogP contribution >= 0.6 is 0 Å². The molecule has 0 saturated heterocycles. The van der Waals surface area contributed by atoms with E-state index in [1.165, 1.54) is 19.5 Å². The molecule has 10 heteroatoms. The molecule has 0 aliphatic heterocycles. The van der Waals surface area contributed by atoms with Gasteiger partial charge in [-0.1, -0.05) is 0 Å². The summed E-state index contributed by atoms with van der Waals surface area (Å²) in [6.45, 7) is 5.24. The quantitative estimate of drug-likeness (QED) is 0.621. The minimum absolute atomic E-state index is 0.0750. The lowest BCUT2D eigenvalue weighted by molar-refractivity contribution is -0.145. The molecule has 4 N–H and O–H groups in total. The molecule has 160 valence electrons. The van der Waals surface area contributed by atoms with Gasteiger partial charge in [0.2, 0.25) is 0 Å². The molecule has 0 radical (unpaired) electrons. The largest absolute Gasteiger partial charge is 0.467 e. The molecule has 0 bridgehead atoms. The van der Waals surface area contributed by atoms with Crippen LogP contribution in [0.5, 0.6) is 0 Å². The topological polar surface area (TPSA) is 146 Å². The van der Waals surface area contributed by atoms with Crippen molar-refractivity contribution in [2.45, 2.75) is 64.1 Å². The first-order chi connectivity index (χ1) is 13.6. The van der Waals surface area contributed by atoms with E-state index in [2.05, 4.69) is 20.6 Å². The highest BCUT2D eigenvalue weighted by Crippen LogP contribution is 2.28. The number of amides is 2. The second-order valence-electron chi connectivity index (χ2n) is 8.02. The number of nitrogen functional groups attached to an aromatic ring is 1. The van der Waals surface area contributed by atoms with Crippen LogP contribution in [0, 0.1) is 5.92 Å². The average molecular weight is 407 g/mol. The summed E-state index contributed by atoms with van der Waals surface area (Å²) in [6.07, 6.45) is 4.68. The minimum Gasteiger partial charge on any atom is -0.467 e. The van der Waals surface area contributed by atoms with E-state index in [-0.39, 0.29) is 29.4 Å². The van der Waals surface area contributed by atoms with E-state index in [0.717, 1.165) is 0 Å². The average Bonchev–Trinajstić information content (AvgIpc) is 2.65. The summed E-state index contributed by atoms with van der Waals surface area (Å²) in [6, 6.07) is -0.887. The van der Waals surface area contributed by atoms with Gasteiger partial charge < -0.3 is 25.8 Å². The molecule has 1 aromatic rings. The number of esters is 1. The number of aromatic nitrogens is 2. The van der Waals surface area contributed by atoms with Crippen LogP contribution in [0.1, 0.15) is 56.9 Å². The van der Waals surface area contributed by atoms with Crippen molar-refractivity contribution < 1.29 is 23.9 Å². The van der Waals surface area contributed by atoms with Crippen LogP contribution in [-0.2, 0) is 14.3 Å². The number of carbonyl (C=O) groups excluding carboxylic acids is 3. The van der Waals surface area contributed by atoms with Crippen LogP contribution in [0.2, 0.25) is 0 Å². The summed E-state index contributed by atoms with van der Waals surface area (Å²) in [4.78, 5) is 44.5. The third-order valence-electron chi connectivity index (χ3n) is 4.65. The Morgan fingerprint density at radius 1 is 1.14 bits per heavy atom. The van der Waals surface area contributed by atoms with Gasteiger partial charge in [-0.25, -0.2) is 19.6 Å². The summed E-state index contributed by atoms with van der Waals surface area (Å²) >= 11 is 0. The first-order valence-corrected chi connectivity index (χ1v) is 9.55. The highest BCUT2D eigenvalue weighted by molar-refractivity contribution is 5.96. The van der Waals surface area contributed by atoms with Crippen LogP contribution in [0.3, 0.4) is 0 Å². The molecule has 2 rings (SSSR count). The zero-order valence-electron chi connectivity index (χ0n) is 17.2. The Balaban J connectivity index is 1.93. The fourth-order valence-electron chi connectivity index (χ4n) is 3.31. The zero-order valence-corrected chi connectivity index (χ0v) is 17.2. The Kier molecular flexibility index (Phi) is 7.35. The minimum atomic E-state index is -0.804. The van der Waals surface area contributed by atoms with Crippen LogP contribution in [-0.4, -0.2) is 52.7 Å². The second kappa shape index (κ2) is 9.53. The van der Waals surface area contributed by atoms with Crippen LogP contribution < -0.4 is 16.4 Å². The number of hydrogen-bond acceptors (Lipinski definition) is 8. The Hall–Kier alpha value is -2.91. The van der Waals surface area contributed by atoms with Gasteiger partial charge in [-0.2, -0.15) is 0 Å². The second-order valence-corrected chi connectivity index (χ2v) is 8.02. The lowest BCUT2D eigenvalue weighted by atomic mass is 9.81. The number of anilines is 1. The summed E-state index contributed by atoms with van der Waals surface area (Å²) in [5.74, 6) is -0.943. The monoisotopic (exact) mass is 407 g/mol. The van der Waals surface area contributed by atoms with Crippen LogP contribution in [0.4, 0.5) is 10.6 Å². The van der Waals surface area contributed by atoms with E-state index in [1.807, 2.05) is 0 Å². The smallest absolute Gasteiger partial charge is 0.408 e. The molecule has 1 heterocycles. The van der Waals surface area contributed by atoms with E-state index < -0.39 is 23.7 Å². The van der Waals surface area contributed by atoms with Crippen LogP contribution in [0.15, 0.2) is 12.4 Å². The number of ether oxygens (including phenoxy) is 2. The Morgan fingerprint density at radius 2 is 1.76 bits per heavy atom. The number of nitrogens with one attached hydrogen (secondary N) is 2. The number of carbonyl (C=O) groups is 3. The van der Waals surface area contributed by atoms with Crippen LogP contribution in [0.25, 0.3) is 0 Å². The van der Waals surface area contributed by atoms with Gasteiger partial charge in [-0.15, -0.1) is 0 Å². The van der Waals surface area contributed by atoms with Gasteiger partial charge in [0.15, 0.2) is 11.5 Å². The van der Waals surface area contributed by atoms with Crippen molar-refractivity contribution in [3.05, 3.63) is 18.1 Å². The van der Waals surface area contributed by atoms with E-state index >= 15 is 0 Å². The molecule has 1 saturated carbocycles. The van der Waals surface area contributed by atoms with E-state index in [0.29, 0.717) is 25.7 Å². The van der Waals surface area contributed by atoms with Crippen molar-refractivity contribution in [3.63, 3.8) is 0 Å². The molecule has 10 nitrogen and oxygen atoms in total. The molecule has 29 heavy (non-hydrogen) atoms. The molecule has 2 amide bonds. The van der Waals surface area contributed by atoms with Gasteiger partial charge in [0, 0.05) is 18.4 Å². The molecule has 1 aliphatic rings. The maximum absolute atomic E-state index is 12.3. The highest BCUT2D eigenvalue weighted by atomic mass is 16.6. The predicted molar refractivity (Wildman–Crippen MR) is 105 cm³/mol. The number of methoxy groups -OCH3 is 1. The third kappa shape index (κ3) is 6.58. The van der Waals surface area contributed by atoms with Crippen molar-refractivity contribution in [2.24, 2.45) is 5.92 Å². The fourth-order valence-corrected chi connectivity index (χ4v) is 3.31. The van der Waals surface area contributed by atoms with Crippen molar-refractivity contribution in [1.82, 2.24) is 20.6 Å². The van der Waals surface area contributed by atoms with E-state index in [4.69, 9.17) is 15.2 Å². The predicted octanol–water partition coefficient (Wildman–Crippen LogP) is 1.41. The fraction of sp³-hybridized carbons (Fsp3) is 0.632. The molecule has 1 atom stereocenters. The van der Waals surface area contributed by atoms with Gasteiger partial charge in [0.1, 0.15) is 11.6 Å². The Bertz CT molecular complexity index is 741. The van der Waals surface area contributed by atoms with Crippen molar-refractivity contribution in [2.75, 3.05) is 12.8 Å². The zero-order chi connectivity index (χ0) is 21.6.